The summed E-state index contributed by atoms with van der Waals surface area (Å²) in [7, 11) is 0. The van der Waals surface area contributed by atoms with Crippen LogP contribution < -0.4 is 5.56 Å². The molecule has 1 saturated carbocycles. The molecule has 160 valence electrons. The minimum absolute atomic E-state index is 0.0278. The fourth-order valence-corrected chi connectivity index (χ4v) is 4.54. The molecule has 1 N–H and O–H groups in total. The Kier molecular flexibility index (Phi) is 5.38. The van der Waals surface area contributed by atoms with Crippen LogP contribution in [0, 0.1) is 6.92 Å². The van der Waals surface area contributed by atoms with Crippen LogP contribution in [0.4, 0.5) is 0 Å². The summed E-state index contributed by atoms with van der Waals surface area (Å²) in [6, 6.07) is 12.3. The van der Waals surface area contributed by atoms with Gasteiger partial charge < -0.3 is 9.40 Å². The maximum absolute atomic E-state index is 12.9. The van der Waals surface area contributed by atoms with Gasteiger partial charge in [0.25, 0.3) is 5.56 Å². The Morgan fingerprint density at radius 1 is 1.19 bits per heavy atom. The van der Waals surface area contributed by atoms with Gasteiger partial charge in [-0.25, -0.2) is 4.68 Å². The number of rotatable bonds is 7. The van der Waals surface area contributed by atoms with E-state index in [1.165, 1.54) is 12.8 Å². The highest BCUT2D eigenvalue weighted by atomic mass is 16.3. The number of nitrogens with zero attached hydrogens (tertiary/aromatic N) is 5. The molecular weight excluding hydrogens is 392 g/mol. The Morgan fingerprint density at radius 2 is 2.06 bits per heavy atom. The fraction of sp³-hybridized carbons (Fsp3) is 0.391. The zero-order valence-electron chi connectivity index (χ0n) is 17.6. The van der Waals surface area contributed by atoms with Gasteiger partial charge in [0.15, 0.2) is 5.82 Å². The molecule has 4 aromatic rings. The maximum Gasteiger partial charge on any atom is 0.252 e. The van der Waals surface area contributed by atoms with Gasteiger partial charge in [0, 0.05) is 18.2 Å². The smallest absolute Gasteiger partial charge is 0.252 e. The predicted molar refractivity (Wildman–Crippen MR) is 116 cm³/mol. The van der Waals surface area contributed by atoms with Crippen molar-refractivity contribution in [2.75, 3.05) is 0 Å². The number of tetrazole rings is 1. The summed E-state index contributed by atoms with van der Waals surface area (Å²) in [6.07, 6.45) is 6.34. The highest BCUT2D eigenvalue weighted by Crippen LogP contribution is 2.26. The van der Waals surface area contributed by atoms with Crippen LogP contribution in [0.1, 0.15) is 48.4 Å². The second-order valence-corrected chi connectivity index (χ2v) is 8.34. The van der Waals surface area contributed by atoms with Gasteiger partial charge >= 0.3 is 0 Å². The van der Waals surface area contributed by atoms with Gasteiger partial charge in [-0.3, -0.25) is 9.69 Å². The largest absolute Gasteiger partial charge is 0.467 e. The number of benzene rings is 1. The van der Waals surface area contributed by atoms with Crippen LogP contribution in [0.3, 0.4) is 0 Å². The topological polar surface area (TPSA) is 92.8 Å². The number of aromatic nitrogens is 5. The van der Waals surface area contributed by atoms with Crippen LogP contribution in [-0.2, 0) is 19.6 Å². The molecule has 0 atom stereocenters. The maximum atomic E-state index is 12.9. The van der Waals surface area contributed by atoms with Crippen LogP contribution >= 0.6 is 0 Å². The van der Waals surface area contributed by atoms with Crippen molar-refractivity contribution in [3.8, 4) is 0 Å². The standard InChI is InChI=1S/C23H26N6O2/c1-16-6-4-7-17-12-18(23(30)24-22(16)17)13-28(19-8-2-3-9-19)15-21-25-26-27-29(21)14-20-10-5-11-31-20/h4-7,10-12,19H,2-3,8-9,13-15H2,1H3,(H,24,30). The number of furan rings is 1. The molecule has 0 radical (unpaired) electrons. The van der Waals surface area contributed by atoms with Crippen molar-refractivity contribution in [2.45, 2.75) is 58.3 Å². The number of aryl methyl sites for hydroxylation is 1. The van der Waals surface area contributed by atoms with Gasteiger partial charge in [0.05, 0.1) is 18.3 Å². The molecule has 8 heteroatoms. The number of hydrogen-bond acceptors (Lipinski definition) is 6. The number of nitrogens with one attached hydrogen (secondary N) is 1. The highest BCUT2D eigenvalue weighted by molar-refractivity contribution is 5.81. The lowest BCUT2D eigenvalue weighted by molar-refractivity contribution is 0.172. The zero-order chi connectivity index (χ0) is 21.2. The van der Waals surface area contributed by atoms with Crippen molar-refractivity contribution in [1.29, 1.82) is 0 Å². The van der Waals surface area contributed by atoms with Crippen molar-refractivity contribution in [2.24, 2.45) is 0 Å². The van der Waals surface area contributed by atoms with Gasteiger partial charge in [0.2, 0.25) is 0 Å². The Labute approximate surface area is 179 Å². The van der Waals surface area contributed by atoms with E-state index in [4.69, 9.17) is 4.42 Å². The molecular formula is C23H26N6O2. The van der Waals surface area contributed by atoms with Crippen LogP contribution in [-0.4, -0.2) is 36.1 Å². The molecule has 31 heavy (non-hydrogen) atoms. The Balaban J connectivity index is 1.43. The average Bonchev–Trinajstić information content (AvgIpc) is 3.53. The monoisotopic (exact) mass is 418 g/mol. The molecule has 0 saturated heterocycles. The normalized spacial score (nSPS) is 14.8. The van der Waals surface area contributed by atoms with E-state index in [1.54, 1.807) is 10.9 Å². The summed E-state index contributed by atoms with van der Waals surface area (Å²) in [5.74, 6) is 1.58. The first kappa shape index (κ1) is 19.7. The van der Waals surface area contributed by atoms with Crippen molar-refractivity contribution >= 4 is 10.9 Å². The van der Waals surface area contributed by atoms with E-state index in [0.29, 0.717) is 25.7 Å². The van der Waals surface area contributed by atoms with Crippen molar-refractivity contribution in [3.05, 3.63) is 75.7 Å². The SMILES string of the molecule is Cc1cccc2cc(CN(Cc3nnnn3Cc3ccco3)C3CCCC3)c(=O)[nH]c12. The summed E-state index contributed by atoms with van der Waals surface area (Å²) in [5.41, 5.74) is 2.73. The summed E-state index contributed by atoms with van der Waals surface area (Å²) in [4.78, 5) is 18.3. The Bertz CT molecular complexity index is 1220. The van der Waals surface area contributed by atoms with Gasteiger partial charge in [-0.05, 0) is 59.3 Å². The second kappa shape index (κ2) is 8.47. The first-order chi connectivity index (χ1) is 15.2. The summed E-state index contributed by atoms with van der Waals surface area (Å²) < 4.78 is 7.23. The lowest BCUT2D eigenvalue weighted by Crippen LogP contribution is -2.35. The molecule has 1 aliphatic carbocycles. The quantitative estimate of drug-likeness (QED) is 0.494. The highest BCUT2D eigenvalue weighted by Gasteiger charge is 2.25. The molecule has 8 nitrogen and oxygen atoms in total. The number of fused-ring (bicyclic) bond motifs is 1. The number of hydrogen-bond donors (Lipinski definition) is 1. The van der Waals surface area contributed by atoms with E-state index < -0.39 is 0 Å². The Morgan fingerprint density at radius 3 is 2.87 bits per heavy atom. The molecule has 0 amide bonds. The first-order valence-electron chi connectivity index (χ1n) is 10.8. The molecule has 0 unspecified atom stereocenters. The second-order valence-electron chi connectivity index (χ2n) is 8.34. The molecule has 0 spiro atoms. The van der Waals surface area contributed by atoms with E-state index in [2.05, 4.69) is 25.4 Å². The molecule has 5 rings (SSSR count). The number of H-pyrrole nitrogens is 1. The van der Waals surface area contributed by atoms with E-state index in [-0.39, 0.29) is 5.56 Å². The molecule has 1 aliphatic rings. The van der Waals surface area contributed by atoms with E-state index in [0.717, 1.165) is 46.5 Å². The van der Waals surface area contributed by atoms with Crippen molar-refractivity contribution < 1.29 is 4.42 Å². The summed E-state index contributed by atoms with van der Waals surface area (Å²) in [6.45, 7) is 3.66. The van der Waals surface area contributed by atoms with Crippen LogP contribution in [0.5, 0.6) is 0 Å². The molecule has 3 heterocycles. The minimum Gasteiger partial charge on any atom is -0.467 e. The number of para-hydroxylation sites is 1. The van der Waals surface area contributed by atoms with Crippen LogP contribution in [0.2, 0.25) is 0 Å². The van der Waals surface area contributed by atoms with Crippen LogP contribution in [0.25, 0.3) is 10.9 Å². The molecule has 0 aliphatic heterocycles. The molecule has 0 bridgehead atoms. The van der Waals surface area contributed by atoms with Crippen molar-refractivity contribution in [3.63, 3.8) is 0 Å². The summed E-state index contributed by atoms with van der Waals surface area (Å²) in [5, 5.41) is 13.4. The molecule has 1 fully saturated rings. The third-order valence-corrected chi connectivity index (χ3v) is 6.22. The summed E-state index contributed by atoms with van der Waals surface area (Å²) >= 11 is 0. The number of aromatic amines is 1. The fourth-order valence-electron chi connectivity index (χ4n) is 4.54. The van der Waals surface area contributed by atoms with Gasteiger partial charge in [-0.1, -0.05) is 31.0 Å². The lowest BCUT2D eigenvalue weighted by atomic mass is 10.1. The third-order valence-electron chi connectivity index (χ3n) is 6.22. The van der Waals surface area contributed by atoms with E-state index >= 15 is 0 Å². The number of pyridine rings is 1. The van der Waals surface area contributed by atoms with Gasteiger partial charge in [-0.15, -0.1) is 5.10 Å². The lowest BCUT2D eigenvalue weighted by Gasteiger charge is -2.28. The zero-order valence-corrected chi connectivity index (χ0v) is 17.6. The minimum atomic E-state index is -0.0278. The first-order valence-corrected chi connectivity index (χ1v) is 10.8. The van der Waals surface area contributed by atoms with E-state index in [1.807, 2.05) is 43.3 Å². The molecule has 1 aromatic carbocycles. The van der Waals surface area contributed by atoms with E-state index in [9.17, 15) is 4.79 Å². The Hall–Kier alpha value is -3.26. The van der Waals surface area contributed by atoms with Gasteiger partial charge in [0.1, 0.15) is 12.3 Å². The van der Waals surface area contributed by atoms with Gasteiger partial charge in [-0.2, -0.15) is 0 Å². The predicted octanol–water partition coefficient (Wildman–Crippen LogP) is 3.41. The van der Waals surface area contributed by atoms with Crippen molar-refractivity contribution in [1.82, 2.24) is 30.1 Å². The molecule has 3 aromatic heterocycles. The average molecular weight is 419 g/mol. The van der Waals surface area contributed by atoms with Crippen LogP contribution in [0.15, 0.2) is 51.9 Å². The third kappa shape index (κ3) is 4.16.